The SMILES string of the molecule is CCOC(=O)c1cc(Br)c(I)c(Br)c1. The minimum Gasteiger partial charge on any atom is -0.462 e. The summed E-state index contributed by atoms with van der Waals surface area (Å²) in [6, 6.07) is 3.51. The molecule has 0 aromatic heterocycles. The fourth-order valence-electron chi connectivity index (χ4n) is 0.888. The van der Waals surface area contributed by atoms with E-state index >= 15 is 0 Å². The molecule has 0 aliphatic rings. The van der Waals surface area contributed by atoms with Gasteiger partial charge in [-0.25, -0.2) is 4.79 Å². The van der Waals surface area contributed by atoms with Gasteiger partial charge in [0.15, 0.2) is 0 Å². The van der Waals surface area contributed by atoms with Crippen molar-refractivity contribution in [2.24, 2.45) is 0 Å². The van der Waals surface area contributed by atoms with E-state index in [9.17, 15) is 4.79 Å². The van der Waals surface area contributed by atoms with E-state index in [2.05, 4.69) is 54.5 Å². The summed E-state index contributed by atoms with van der Waals surface area (Å²) in [5.74, 6) is -0.301. The molecule has 14 heavy (non-hydrogen) atoms. The number of ether oxygens (including phenoxy) is 1. The number of rotatable bonds is 2. The van der Waals surface area contributed by atoms with Crippen molar-refractivity contribution in [1.29, 1.82) is 0 Å². The molecule has 0 atom stereocenters. The molecule has 0 amide bonds. The maximum atomic E-state index is 11.4. The van der Waals surface area contributed by atoms with Crippen molar-refractivity contribution < 1.29 is 9.53 Å². The van der Waals surface area contributed by atoms with Crippen LogP contribution in [0, 0.1) is 3.57 Å². The van der Waals surface area contributed by atoms with Gasteiger partial charge in [0, 0.05) is 12.5 Å². The molecule has 5 heteroatoms. The topological polar surface area (TPSA) is 26.3 Å². The highest BCUT2D eigenvalue weighted by molar-refractivity contribution is 14.1. The van der Waals surface area contributed by atoms with E-state index in [-0.39, 0.29) is 5.97 Å². The molecule has 0 spiro atoms. The third-order valence-corrected chi connectivity index (χ3v) is 5.39. The molecule has 2 nitrogen and oxygen atoms in total. The Morgan fingerprint density at radius 2 is 1.93 bits per heavy atom. The third-order valence-electron chi connectivity index (χ3n) is 1.49. The number of hydrogen-bond acceptors (Lipinski definition) is 2. The summed E-state index contributed by atoms with van der Waals surface area (Å²) in [5, 5.41) is 0. The van der Waals surface area contributed by atoms with Crippen molar-refractivity contribution in [1.82, 2.24) is 0 Å². The maximum absolute atomic E-state index is 11.4. The highest BCUT2D eigenvalue weighted by Gasteiger charge is 2.11. The van der Waals surface area contributed by atoms with Gasteiger partial charge < -0.3 is 4.74 Å². The Labute approximate surface area is 113 Å². The van der Waals surface area contributed by atoms with Crippen LogP contribution < -0.4 is 0 Å². The van der Waals surface area contributed by atoms with E-state index in [4.69, 9.17) is 4.74 Å². The molecule has 0 unspecified atom stereocenters. The van der Waals surface area contributed by atoms with Crippen LogP contribution in [-0.2, 0) is 4.74 Å². The van der Waals surface area contributed by atoms with E-state index in [0.717, 1.165) is 12.5 Å². The maximum Gasteiger partial charge on any atom is 0.338 e. The van der Waals surface area contributed by atoms with E-state index in [1.54, 1.807) is 19.1 Å². The summed E-state index contributed by atoms with van der Waals surface area (Å²) in [7, 11) is 0. The largest absolute Gasteiger partial charge is 0.462 e. The van der Waals surface area contributed by atoms with Gasteiger partial charge in [0.1, 0.15) is 0 Å². The molecule has 0 aliphatic heterocycles. The number of carbonyl (C=O) groups excluding carboxylic acids is 1. The minimum absolute atomic E-state index is 0.301. The first-order chi connectivity index (χ1) is 6.56. The first-order valence-corrected chi connectivity index (χ1v) is 6.54. The van der Waals surface area contributed by atoms with Crippen molar-refractivity contribution in [3.63, 3.8) is 0 Å². The summed E-state index contributed by atoms with van der Waals surface area (Å²) in [6.45, 7) is 2.18. The van der Waals surface area contributed by atoms with E-state index in [0.29, 0.717) is 12.2 Å². The lowest BCUT2D eigenvalue weighted by Crippen LogP contribution is -2.04. The lowest BCUT2D eigenvalue weighted by atomic mass is 10.2. The van der Waals surface area contributed by atoms with E-state index in [1.165, 1.54) is 0 Å². The molecule has 0 saturated carbocycles. The van der Waals surface area contributed by atoms with Crippen LogP contribution in [0.25, 0.3) is 0 Å². The van der Waals surface area contributed by atoms with Crippen LogP contribution in [0.4, 0.5) is 0 Å². The van der Waals surface area contributed by atoms with E-state index < -0.39 is 0 Å². The number of benzene rings is 1. The van der Waals surface area contributed by atoms with Gasteiger partial charge in [-0.15, -0.1) is 0 Å². The predicted octanol–water partition coefficient (Wildman–Crippen LogP) is 3.99. The minimum atomic E-state index is -0.301. The average molecular weight is 434 g/mol. The Balaban J connectivity index is 3.06. The molecule has 1 rings (SSSR count). The molecule has 76 valence electrons. The molecule has 0 radical (unpaired) electrons. The molecule has 1 aromatic carbocycles. The standard InChI is InChI=1S/C9H7Br2IO2/c1-2-14-9(13)5-3-6(10)8(12)7(11)4-5/h3-4H,2H2,1H3. The lowest BCUT2D eigenvalue weighted by molar-refractivity contribution is 0.0526. The lowest BCUT2D eigenvalue weighted by Gasteiger charge is -2.05. The summed E-state index contributed by atoms with van der Waals surface area (Å²) < 4.78 is 7.70. The second kappa shape index (κ2) is 5.46. The fourth-order valence-corrected chi connectivity index (χ4v) is 2.39. The quantitative estimate of drug-likeness (QED) is 0.400. The first kappa shape index (κ1) is 12.4. The number of carbonyl (C=O) groups is 1. The first-order valence-electron chi connectivity index (χ1n) is 3.88. The normalized spacial score (nSPS) is 10.0. The van der Waals surface area contributed by atoms with Crippen LogP contribution in [0.5, 0.6) is 0 Å². The van der Waals surface area contributed by atoms with Crippen LogP contribution in [0.15, 0.2) is 21.1 Å². The summed E-state index contributed by atoms with van der Waals surface area (Å²) >= 11 is 8.93. The average Bonchev–Trinajstić information content (AvgIpc) is 2.13. The highest BCUT2D eigenvalue weighted by Crippen LogP contribution is 2.28. The van der Waals surface area contributed by atoms with Gasteiger partial charge in [-0.05, 0) is 73.5 Å². The second-order valence-corrected chi connectivity index (χ2v) is 5.26. The molecule has 0 saturated heterocycles. The molecule has 0 N–H and O–H groups in total. The highest BCUT2D eigenvalue weighted by atomic mass is 127. The van der Waals surface area contributed by atoms with Gasteiger partial charge in [0.2, 0.25) is 0 Å². The Hall–Kier alpha value is 0.380. The van der Waals surface area contributed by atoms with Crippen LogP contribution in [0.2, 0.25) is 0 Å². The van der Waals surface area contributed by atoms with Gasteiger partial charge in [0.05, 0.1) is 12.2 Å². The van der Waals surface area contributed by atoms with Crippen LogP contribution in [-0.4, -0.2) is 12.6 Å². The second-order valence-electron chi connectivity index (χ2n) is 2.47. The van der Waals surface area contributed by atoms with Crippen LogP contribution >= 0.6 is 54.5 Å². The van der Waals surface area contributed by atoms with Gasteiger partial charge in [0.25, 0.3) is 0 Å². The third kappa shape index (κ3) is 2.93. The van der Waals surface area contributed by atoms with Gasteiger partial charge in [-0.1, -0.05) is 0 Å². The van der Waals surface area contributed by atoms with E-state index in [1.807, 2.05) is 0 Å². The summed E-state index contributed by atoms with van der Waals surface area (Å²) in [4.78, 5) is 11.4. The van der Waals surface area contributed by atoms with Crippen molar-refractivity contribution in [2.45, 2.75) is 6.92 Å². The van der Waals surface area contributed by atoms with Crippen LogP contribution in [0.1, 0.15) is 17.3 Å². The molecular formula is C9H7Br2IO2. The Morgan fingerprint density at radius 1 is 1.43 bits per heavy atom. The fraction of sp³-hybridized carbons (Fsp3) is 0.222. The molecular weight excluding hydrogens is 427 g/mol. The van der Waals surface area contributed by atoms with Crippen molar-refractivity contribution in [3.8, 4) is 0 Å². The molecule has 0 bridgehead atoms. The van der Waals surface area contributed by atoms with Crippen LogP contribution in [0.3, 0.4) is 0 Å². The number of hydrogen-bond donors (Lipinski definition) is 0. The zero-order valence-corrected chi connectivity index (χ0v) is 12.6. The van der Waals surface area contributed by atoms with Crippen molar-refractivity contribution in [3.05, 3.63) is 30.2 Å². The van der Waals surface area contributed by atoms with Crippen molar-refractivity contribution >= 4 is 60.4 Å². The Kier molecular flexibility index (Phi) is 4.86. The predicted molar refractivity (Wildman–Crippen MR) is 70.5 cm³/mol. The monoisotopic (exact) mass is 432 g/mol. The molecule has 0 aliphatic carbocycles. The van der Waals surface area contributed by atoms with Crippen molar-refractivity contribution in [2.75, 3.05) is 6.61 Å². The molecule has 0 heterocycles. The molecule has 1 aromatic rings. The number of esters is 1. The zero-order valence-electron chi connectivity index (χ0n) is 7.31. The van der Waals surface area contributed by atoms with Gasteiger partial charge in [-0.3, -0.25) is 0 Å². The summed E-state index contributed by atoms with van der Waals surface area (Å²) in [5.41, 5.74) is 0.547. The van der Waals surface area contributed by atoms with Gasteiger partial charge >= 0.3 is 5.97 Å². The number of halogens is 3. The van der Waals surface area contributed by atoms with Gasteiger partial charge in [-0.2, -0.15) is 0 Å². The Bertz CT molecular complexity index is 343. The Morgan fingerprint density at radius 3 is 2.36 bits per heavy atom. The molecule has 0 fully saturated rings. The zero-order chi connectivity index (χ0) is 10.7. The summed E-state index contributed by atoms with van der Waals surface area (Å²) in [6.07, 6.45) is 0. The smallest absolute Gasteiger partial charge is 0.338 e.